The predicted octanol–water partition coefficient (Wildman–Crippen LogP) is 0.689. The SMILES string of the molecule is CN(C1CCc2nn(Cc3ccccc3)c(=O)n2CC1)S(C)(=O)=O. The third kappa shape index (κ3) is 3.44. The molecule has 7 nitrogen and oxygen atoms in total. The molecule has 130 valence electrons. The summed E-state index contributed by atoms with van der Waals surface area (Å²) in [5.41, 5.74) is 0.902. The molecule has 0 N–H and O–H groups in total. The maximum Gasteiger partial charge on any atom is 0.346 e. The Hall–Kier alpha value is -1.93. The van der Waals surface area contributed by atoms with E-state index in [0.717, 1.165) is 11.4 Å². The molecule has 0 aliphatic carbocycles. The number of fused-ring (bicyclic) bond motifs is 1. The van der Waals surface area contributed by atoms with Crippen LogP contribution in [0.3, 0.4) is 0 Å². The Morgan fingerprint density at radius 1 is 1.25 bits per heavy atom. The summed E-state index contributed by atoms with van der Waals surface area (Å²) in [5, 5.41) is 4.46. The van der Waals surface area contributed by atoms with Gasteiger partial charge in [-0.2, -0.15) is 5.10 Å². The van der Waals surface area contributed by atoms with Crippen LogP contribution in [0.15, 0.2) is 35.1 Å². The highest BCUT2D eigenvalue weighted by molar-refractivity contribution is 7.88. The molecule has 1 aliphatic heterocycles. The average Bonchev–Trinajstić information content (AvgIpc) is 2.72. The van der Waals surface area contributed by atoms with Gasteiger partial charge in [-0.05, 0) is 18.4 Å². The molecular weight excluding hydrogens is 328 g/mol. The van der Waals surface area contributed by atoms with Gasteiger partial charge in [0, 0.05) is 26.1 Å². The van der Waals surface area contributed by atoms with Crippen molar-refractivity contribution in [2.24, 2.45) is 0 Å². The number of nitrogens with zero attached hydrogens (tertiary/aromatic N) is 4. The van der Waals surface area contributed by atoms with Gasteiger partial charge >= 0.3 is 5.69 Å². The van der Waals surface area contributed by atoms with E-state index < -0.39 is 10.0 Å². The van der Waals surface area contributed by atoms with Crippen LogP contribution < -0.4 is 5.69 Å². The Labute approximate surface area is 141 Å². The summed E-state index contributed by atoms with van der Waals surface area (Å²) in [7, 11) is -1.63. The average molecular weight is 350 g/mol. The van der Waals surface area contributed by atoms with E-state index in [0.29, 0.717) is 32.4 Å². The molecular formula is C16H22N4O3S. The van der Waals surface area contributed by atoms with Crippen molar-refractivity contribution >= 4 is 10.0 Å². The zero-order chi connectivity index (χ0) is 17.3. The van der Waals surface area contributed by atoms with Gasteiger partial charge in [0.05, 0.1) is 12.8 Å². The van der Waals surface area contributed by atoms with Gasteiger partial charge in [-0.3, -0.25) is 4.57 Å². The summed E-state index contributed by atoms with van der Waals surface area (Å²) in [4.78, 5) is 12.6. The highest BCUT2D eigenvalue weighted by Crippen LogP contribution is 2.18. The van der Waals surface area contributed by atoms with Gasteiger partial charge in [0.25, 0.3) is 0 Å². The monoisotopic (exact) mass is 350 g/mol. The van der Waals surface area contributed by atoms with Crippen molar-refractivity contribution in [3.8, 4) is 0 Å². The molecule has 8 heteroatoms. The summed E-state index contributed by atoms with van der Waals surface area (Å²) < 4.78 is 28.0. The Kier molecular flexibility index (Phi) is 4.60. The van der Waals surface area contributed by atoms with Crippen LogP contribution in [0.5, 0.6) is 0 Å². The molecule has 3 rings (SSSR count). The largest absolute Gasteiger partial charge is 0.346 e. The van der Waals surface area contributed by atoms with Gasteiger partial charge in [-0.15, -0.1) is 0 Å². The molecule has 0 saturated carbocycles. The van der Waals surface area contributed by atoms with Crippen molar-refractivity contribution in [1.29, 1.82) is 0 Å². The highest BCUT2D eigenvalue weighted by Gasteiger charge is 2.27. The molecule has 0 spiro atoms. The standard InChI is InChI=1S/C16H22N4O3S/c1-18(24(2,22)23)14-8-9-15-17-20(16(21)19(15)11-10-14)12-13-6-4-3-5-7-13/h3-7,14H,8-12H2,1-2H3. The second-order valence-corrected chi connectivity index (χ2v) is 8.30. The fraction of sp³-hybridized carbons (Fsp3) is 0.500. The number of rotatable bonds is 4. The van der Waals surface area contributed by atoms with Gasteiger partial charge in [0.1, 0.15) is 5.82 Å². The van der Waals surface area contributed by atoms with Crippen LogP contribution in [0.4, 0.5) is 0 Å². The van der Waals surface area contributed by atoms with E-state index >= 15 is 0 Å². The molecule has 1 unspecified atom stereocenters. The molecule has 1 atom stereocenters. The van der Waals surface area contributed by atoms with Crippen molar-refractivity contribution in [2.45, 2.75) is 38.4 Å². The normalized spacial score (nSPS) is 18.4. The fourth-order valence-corrected chi connectivity index (χ4v) is 3.86. The van der Waals surface area contributed by atoms with Crippen molar-refractivity contribution in [2.75, 3.05) is 13.3 Å². The van der Waals surface area contributed by atoms with Gasteiger partial charge in [0.15, 0.2) is 0 Å². The van der Waals surface area contributed by atoms with Crippen molar-refractivity contribution < 1.29 is 8.42 Å². The number of benzene rings is 1. The molecule has 0 bridgehead atoms. The first kappa shape index (κ1) is 16.9. The first-order valence-electron chi connectivity index (χ1n) is 7.99. The quantitative estimate of drug-likeness (QED) is 0.813. The maximum atomic E-state index is 12.6. The molecule has 1 aliphatic rings. The lowest BCUT2D eigenvalue weighted by molar-refractivity contribution is 0.331. The predicted molar refractivity (Wildman–Crippen MR) is 91.4 cm³/mol. The Morgan fingerprint density at radius 3 is 2.62 bits per heavy atom. The molecule has 1 aromatic heterocycles. The van der Waals surface area contributed by atoms with E-state index in [-0.39, 0.29) is 11.7 Å². The number of aromatic nitrogens is 3. The van der Waals surface area contributed by atoms with Crippen LogP contribution in [0, 0.1) is 0 Å². The summed E-state index contributed by atoms with van der Waals surface area (Å²) in [5.74, 6) is 0.736. The van der Waals surface area contributed by atoms with Gasteiger partial charge in [0.2, 0.25) is 10.0 Å². The second-order valence-electron chi connectivity index (χ2n) is 6.25. The van der Waals surface area contributed by atoms with Crippen LogP contribution in [-0.4, -0.2) is 46.4 Å². The molecule has 2 aromatic rings. The first-order chi connectivity index (χ1) is 11.4. The Balaban J connectivity index is 1.79. The van der Waals surface area contributed by atoms with Crippen LogP contribution in [0.2, 0.25) is 0 Å². The van der Waals surface area contributed by atoms with Crippen LogP contribution in [0.25, 0.3) is 0 Å². The van der Waals surface area contributed by atoms with Crippen LogP contribution in [0.1, 0.15) is 24.2 Å². The van der Waals surface area contributed by atoms with E-state index in [1.807, 2.05) is 30.3 Å². The Morgan fingerprint density at radius 2 is 1.96 bits per heavy atom. The molecule has 0 radical (unpaired) electrons. The summed E-state index contributed by atoms with van der Waals surface area (Å²) >= 11 is 0. The molecule has 0 amide bonds. The molecule has 0 saturated heterocycles. The lowest BCUT2D eigenvalue weighted by atomic mass is 10.1. The second kappa shape index (κ2) is 6.52. The van der Waals surface area contributed by atoms with E-state index in [2.05, 4.69) is 5.10 Å². The fourth-order valence-electron chi connectivity index (χ4n) is 3.11. The third-order valence-corrected chi connectivity index (χ3v) is 5.94. The number of aryl methyl sites for hydroxylation is 1. The van der Waals surface area contributed by atoms with E-state index in [1.54, 1.807) is 11.6 Å². The first-order valence-corrected chi connectivity index (χ1v) is 9.84. The summed E-state index contributed by atoms with van der Waals surface area (Å²) in [6.07, 6.45) is 3.10. The lowest BCUT2D eigenvalue weighted by Gasteiger charge is -2.24. The van der Waals surface area contributed by atoms with E-state index in [4.69, 9.17) is 0 Å². The van der Waals surface area contributed by atoms with Crippen molar-refractivity contribution in [3.05, 3.63) is 52.2 Å². The highest BCUT2D eigenvalue weighted by atomic mass is 32.2. The van der Waals surface area contributed by atoms with Gasteiger partial charge in [-0.25, -0.2) is 22.2 Å². The minimum atomic E-state index is -3.23. The summed E-state index contributed by atoms with van der Waals surface area (Å²) in [6.45, 7) is 0.944. The zero-order valence-corrected chi connectivity index (χ0v) is 14.7. The topological polar surface area (TPSA) is 77.2 Å². The number of sulfonamides is 1. The minimum absolute atomic E-state index is 0.0938. The molecule has 24 heavy (non-hydrogen) atoms. The van der Waals surface area contributed by atoms with Crippen molar-refractivity contribution in [3.63, 3.8) is 0 Å². The van der Waals surface area contributed by atoms with E-state index in [1.165, 1.54) is 15.2 Å². The summed E-state index contributed by atoms with van der Waals surface area (Å²) in [6, 6.07) is 9.65. The lowest BCUT2D eigenvalue weighted by Crippen LogP contribution is -2.37. The Bertz CT molecular complexity index is 870. The van der Waals surface area contributed by atoms with Crippen molar-refractivity contribution in [1.82, 2.24) is 18.7 Å². The molecule has 0 fully saturated rings. The van der Waals surface area contributed by atoms with Gasteiger partial charge in [-0.1, -0.05) is 30.3 Å². The van der Waals surface area contributed by atoms with E-state index in [9.17, 15) is 13.2 Å². The third-order valence-electron chi connectivity index (χ3n) is 4.60. The number of hydrogen-bond donors (Lipinski definition) is 0. The smallest absolute Gasteiger partial charge is 0.279 e. The molecule has 1 aromatic carbocycles. The zero-order valence-electron chi connectivity index (χ0n) is 13.9. The van der Waals surface area contributed by atoms with Gasteiger partial charge < -0.3 is 0 Å². The minimum Gasteiger partial charge on any atom is -0.279 e. The maximum absolute atomic E-state index is 12.6. The number of hydrogen-bond acceptors (Lipinski definition) is 4. The van der Waals surface area contributed by atoms with Crippen LogP contribution >= 0.6 is 0 Å². The molecule has 2 heterocycles. The van der Waals surface area contributed by atoms with Crippen LogP contribution in [-0.2, 0) is 29.5 Å².